The number of methoxy groups -OCH3 is 1. The molecule has 0 bridgehead atoms. The molecule has 0 aliphatic rings. The summed E-state index contributed by atoms with van der Waals surface area (Å²) in [7, 11) is 1.38. The lowest BCUT2D eigenvalue weighted by Crippen LogP contribution is -2.03. The molecule has 5 nitrogen and oxygen atoms in total. The van der Waals surface area contributed by atoms with Crippen LogP contribution in [-0.4, -0.2) is 28.2 Å². The molecule has 0 fully saturated rings. The first-order valence-electron chi connectivity index (χ1n) is 5.02. The topological polar surface area (TPSA) is 72.3 Å². The van der Waals surface area contributed by atoms with Crippen LogP contribution in [0.25, 0.3) is 11.3 Å². The van der Waals surface area contributed by atoms with Crippen LogP contribution >= 0.6 is 0 Å². The first-order valence-corrected chi connectivity index (χ1v) is 5.02. The average molecular weight is 248 g/mol. The number of halogens is 1. The summed E-state index contributed by atoms with van der Waals surface area (Å²) in [6.07, 6.45) is 2.78. The van der Waals surface area contributed by atoms with Crippen molar-refractivity contribution >= 4 is 5.97 Å². The number of aromatic carboxylic acids is 1. The lowest BCUT2D eigenvalue weighted by atomic mass is 10.1. The first-order chi connectivity index (χ1) is 8.65. The van der Waals surface area contributed by atoms with Crippen molar-refractivity contribution in [3.05, 3.63) is 42.0 Å². The zero-order valence-electron chi connectivity index (χ0n) is 9.42. The summed E-state index contributed by atoms with van der Waals surface area (Å²) in [5.74, 6) is -2.06. The Hall–Kier alpha value is -2.50. The molecule has 18 heavy (non-hydrogen) atoms. The smallest absolute Gasteiger partial charge is 0.338 e. The fraction of sp³-hybridized carbons (Fsp3) is 0.0833. The van der Waals surface area contributed by atoms with Crippen molar-refractivity contribution in [1.82, 2.24) is 9.97 Å². The Morgan fingerprint density at radius 1 is 1.33 bits per heavy atom. The van der Waals surface area contributed by atoms with Crippen molar-refractivity contribution in [2.45, 2.75) is 0 Å². The monoisotopic (exact) mass is 248 g/mol. The van der Waals surface area contributed by atoms with E-state index in [1.165, 1.54) is 37.7 Å². The van der Waals surface area contributed by atoms with E-state index >= 15 is 0 Å². The van der Waals surface area contributed by atoms with E-state index in [0.717, 1.165) is 0 Å². The van der Waals surface area contributed by atoms with E-state index in [2.05, 4.69) is 9.97 Å². The van der Waals surface area contributed by atoms with Crippen LogP contribution in [0.1, 0.15) is 10.4 Å². The van der Waals surface area contributed by atoms with Gasteiger partial charge in [0.15, 0.2) is 0 Å². The summed E-state index contributed by atoms with van der Waals surface area (Å²) in [5.41, 5.74) is -0.208. The van der Waals surface area contributed by atoms with Crippen molar-refractivity contribution in [3.8, 4) is 17.1 Å². The number of carboxylic acid groups (broad SMARTS) is 1. The van der Waals surface area contributed by atoms with Gasteiger partial charge in [-0.15, -0.1) is 0 Å². The summed E-state index contributed by atoms with van der Waals surface area (Å²) >= 11 is 0. The highest BCUT2D eigenvalue weighted by molar-refractivity contribution is 5.90. The van der Waals surface area contributed by atoms with Gasteiger partial charge >= 0.3 is 5.97 Å². The second-order valence-corrected chi connectivity index (χ2v) is 3.39. The Kier molecular flexibility index (Phi) is 3.18. The molecule has 0 radical (unpaired) electrons. The number of hydrogen-bond acceptors (Lipinski definition) is 4. The third-order valence-corrected chi connectivity index (χ3v) is 2.34. The molecule has 1 aromatic carbocycles. The zero-order valence-corrected chi connectivity index (χ0v) is 9.42. The molecule has 0 spiro atoms. The van der Waals surface area contributed by atoms with Crippen LogP contribution in [0.15, 0.2) is 30.6 Å². The van der Waals surface area contributed by atoms with E-state index < -0.39 is 17.3 Å². The van der Waals surface area contributed by atoms with Crippen LogP contribution in [0.5, 0.6) is 5.88 Å². The average Bonchev–Trinajstić information content (AvgIpc) is 2.38. The minimum absolute atomic E-state index is 0.0415. The number of ether oxygens (including phenoxy) is 1. The molecule has 92 valence electrons. The quantitative estimate of drug-likeness (QED) is 0.899. The Bertz CT molecular complexity index is 602. The molecule has 0 saturated carbocycles. The highest BCUT2D eigenvalue weighted by Gasteiger charge is 2.18. The molecule has 0 aliphatic carbocycles. The van der Waals surface area contributed by atoms with Crippen molar-refractivity contribution < 1.29 is 19.0 Å². The second kappa shape index (κ2) is 4.79. The molecule has 0 aliphatic heterocycles. The second-order valence-electron chi connectivity index (χ2n) is 3.39. The number of nitrogens with zero attached hydrogens (tertiary/aromatic N) is 2. The van der Waals surface area contributed by atoms with Gasteiger partial charge in [0.1, 0.15) is 11.5 Å². The lowest BCUT2D eigenvalue weighted by Gasteiger charge is -2.08. The maximum Gasteiger partial charge on any atom is 0.338 e. The predicted molar refractivity (Wildman–Crippen MR) is 60.9 cm³/mol. The van der Waals surface area contributed by atoms with Crippen molar-refractivity contribution in [1.29, 1.82) is 0 Å². The fourth-order valence-electron chi connectivity index (χ4n) is 1.54. The van der Waals surface area contributed by atoms with Gasteiger partial charge < -0.3 is 9.84 Å². The van der Waals surface area contributed by atoms with Crippen LogP contribution < -0.4 is 4.74 Å². The van der Waals surface area contributed by atoms with E-state index in [1.54, 1.807) is 0 Å². The zero-order chi connectivity index (χ0) is 13.1. The molecule has 2 aromatic rings. The van der Waals surface area contributed by atoms with Gasteiger partial charge in [0.25, 0.3) is 0 Å². The van der Waals surface area contributed by atoms with Gasteiger partial charge in [-0.2, -0.15) is 0 Å². The van der Waals surface area contributed by atoms with E-state index in [4.69, 9.17) is 9.84 Å². The normalized spacial score (nSPS) is 10.1. The van der Waals surface area contributed by atoms with Crippen LogP contribution in [-0.2, 0) is 0 Å². The minimum Gasteiger partial charge on any atom is -0.479 e. The summed E-state index contributed by atoms with van der Waals surface area (Å²) in [5, 5.41) is 8.86. The number of hydrogen-bond donors (Lipinski definition) is 1. The van der Waals surface area contributed by atoms with E-state index in [0.29, 0.717) is 0 Å². The Labute approximate surface area is 102 Å². The van der Waals surface area contributed by atoms with E-state index in [-0.39, 0.29) is 17.1 Å². The Morgan fingerprint density at radius 3 is 2.72 bits per heavy atom. The molecule has 0 unspecified atom stereocenters. The van der Waals surface area contributed by atoms with Crippen molar-refractivity contribution in [2.24, 2.45) is 0 Å². The molecule has 1 aromatic heterocycles. The molecular formula is C12H9FN2O3. The van der Waals surface area contributed by atoms with Crippen LogP contribution in [0, 0.1) is 5.82 Å². The standard InChI is InChI=1S/C12H9FN2O3/c1-18-11-10(14-5-6-15-11)7-3-2-4-8(9(7)13)12(16)17/h2-6H,1H3,(H,16,17). The number of aromatic nitrogens is 2. The van der Waals surface area contributed by atoms with Gasteiger partial charge in [-0.05, 0) is 12.1 Å². The van der Waals surface area contributed by atoms with Crippen molar-refractivity contribution in [2.75, 3.05) is 7.11 Å². The maximum atomic E-state index is 14.0. The third kappa shape index (κ3) is 2.00. The number of rotatable bonds is 3. The molecule has 0 saturated heterocycles. The largest absolute Gasteiger partial charge is 0.479 e. The highest BCUT2D eigenvalue weighted by atomic mass is 19.1. The summed E-state index contributed by atoms with van der Waals surface area (Å²) in [6.45, 7) is 0. The van der Waals surface area contributed by atoms with Crippen LogP contribution in [0.2, 0.25) is 0 Å². The predicted octanol–water partition coefficient (Wildman–Crippen LogP) is 1.99. The molecule has 1 heterocycles. The first kappa shape index (κ1) is 12.0. The highest BCUT2D eigenvalue weighted by Crippen LogP contribution is 2.28. The fourth-order valence-corrected chi connectivity index (χ4v) is 1.54. The van der Waals surface area contributed by atoms with Crippen LogP contribution in [0.3, 0.4) is 0 Å². The molecule has 6 heteroatoms. The number of carbonyl (C=O) groups is 1. The number of benzene rings is 1. The third-order valence-electron chi connectivity index (χ3n) is 2.34. The molecule has 0 amide bonds. The number of carboxylic acids is 1. The van der Waals surface area contributed by atoms with Gasteiger partial charge in [-0.3, -0.25) is 0 Å². The van der Waals surface area contributed by atoms with Crippen molar-refractivity contribution in [3.63, 3.8) is 0 Å². The van der Waals surface area contributed by atoms with Gasteiger partial charge in [0, 0.05) is 18.0 Å². The summed E-state index contributed by atoms with van der Waals surface area (Å²) in [4.78, 5) is 18.7. The SMILES string of the molecule is COc1nccnc1-c1cccc(C(=O)O)c1F. The van der Waals surface area contributed by atoms with E-state index in [9.17, 15) is 9.18 Å². The van der Waals surface area contributed by atoms with Gasteiger partial charge in [-0.1, -0.05) is 6.07 Å². The summed E-state index contributed by atoms with van der Waals surface area (Å²) < 4.78 is 19.0. The molecular weight excluding hydrogens is 239 g/mol. The molecule has 2 rings (SSSR count). The van der Waals surface area contributed by atoms with Gasteiger partial charge in [0.2, 0.25) is 5.88 Å². The summed E-state index contributed by atoms with van der Waals surface area (Å²) in [6, 6.07) is 4.05. The van der Waals surface area contributed by atoms with E-state index in [1.807, 2.05) is 0 Å². The Balaban J connectivity index is 2.64. The van der Waals surface area contributed by atoms with Crippen LogP contribution in [0.4, 0.5) is 4.39 Å². The minimum atomic E-state index is -1.34. The lowest BCUT2D eigenvalue weighted by molar-refractivity contribution is 0.0692. The Morgan fingerprint density at radius 2 is 2.06 bits per heavy atom. The molecule has 0 atom stereocenters. The maximum absolute atomic E-state index is 14.0. The van der Waals surface area contributed by atoms with Gasteiger partial charge in [-0.25, -0.2) is 19.2 Å². The van der Waals surface area contributed by atoms with Gasteiger partial charge in [0.05, 0.1) is 12.7 Å². The molecule has 1 N–H and O–H groups in total.